The van der Waals surface area contributed by atoms with Gasteiger partial charge in [-0.2, -0.15) is 4.79 Å². The van der Waals surface area contributed by atoms with Gasteiger partial charge in [-0.3, -0.25) is 0 Å². The van der Waals surface area contributed by atoms with Gasteiger partial charge in [0.15, 0.2) is 0 Å². The molecule has 1 heterocycles. The van der Waals surface area contributed by atoms with Gasteiger partial charge in [-0.25, -0.2) is 9.79 Å². The zero-order chi connectivity index (χ0) is 13.1. The predicted octanol–water partition coefficient (Wildman–Crippen LogP) is 1.36. The number of methoxy groups -OCH3 is 1. The van der Waals surface area contributed by atoms with Crippen LogP contribution in [-0.2, 0) is 9.53 Å². The number of carbonyl (C=O) groups is 1. The Bertz CT molecular complexity index is 586. The normalized spacial score (nSPS) is 12.6. The minimum atomic E-state index is -0.611. The Morgan fingerprint density at radius 1 is 1.50 bits per heavy atom. The summed E-state index contributed by atoms with van der Waals surface area (Å²) in [5, 5.41) is 0. The maximum absolute atomic E-state index is 11.7. The Hall–Kier alpha value is -2.46. The molecular formula is C12H11N3O3. The summed E-state index contributed by atoms with van der Waals surface area (Å²) >= 11 is 0. The molecule has 0 spiro atoms. The molecule has 2 rings (SSSR count). The summed E-state index contributed by atoms with van der Waals surface area (Å²) in [6, 6.07) is 5.05. The molecule has 0 radical (unpaired) electrons. The van der Waals surface area contributed by atoms with Crippen LogP contribution < -0.4 is 4.74 Å². The summed E-state index contributed by atoms with van der Waals surface area (Å²) in [6.07, 6.45) is 0. The second-order valence-electron chi connectivity index (χ2n) is 3.51. The number of hydrogen-bond acceptors (Lipinski definition) is 4. The Balaban J connectivity index is 2.46. The fourth-order valence-electron chi connectivity index (χ4n) is 1.67. The van der Waals surface area contributed by atoms with Crippen LogP contribution in [0.4, 0.5) is 5.69 Å². The van der Waals surface area contributed by atoms with Crippen molar-refractivity contribution >= 4 is 23.1 Å². The van der Waals surface area contributed by atoms with Gasteiger partial charge in [0, 0.05) is 0 Å². The van der Waals surface area contributed by atoms with Gasteiger partial charge in [-0.1, -0.05) is 0 Å². The van der Waals surface area contributed by atoms with E-state index in [0.717, 1.165) is 0 Å². The summed E-state index contributed by atoms with van der Waals surface area (Å²) in [5.74, 6) is -0.0179. The Labute approximate surface area is 103 Å². The molecule has 0 unspecified atom stereocenters. The molecule has 6 heteroatoms. The van der Waals surface area contributed by atoms with Gasteiger partial charge in [-0.05, 0) is 25.1 Å². The molecule has 0 saturated carbocycles. The van der Waals surface area contributed by atoms with Crippen molar-refractivity contribution in [2.45, 2.75) is 6.92 Å². The molecule has 0 saturated heterocycles. The van der Waals surface area contributed by atoms with Crippen molar-refractivity contribution in [3.8, 4) is 5.75 Å². The first-order chi connectivity index (χ1) is 8.71. The van der Waals surface area contributed by atoms with Crippen LogP contribution in [0.15, 0.2) is 23.2 Å². The number of esters is 1. The van der Waals surface area contributed by atoms with E-state index < -0.39 is 5.97 Å². The van der Waals surface area contributed by atoms with Crippen LogP contribution in [-0.4, -0.2) is 35.9 Å². The molecule has 0 amide bonds. The zero-order valence-corrected chi connectivity index (χ0v) is 10.0. The van der Waals surface area contributed by atoms with Crippen molar-refractivity contribution in [2.24, 2.45) is 4.99 Å². The van der Waals surface area contributed by atoms with E-state index in [4.69, 9.17) is 15.0 Å². The molecule has 18 heavy (non-hydrogen) atoms. The molecule has 0 N–H and O–H groups in total. The van der Waals surface area contributed by atoms with E-state index in [9.17, 15) is 4.79 Å². The lowest BCUT2D eigenvalue weighted by atomic mass is 10.1. The van der Waals surface area contributed by atoms with Crippen LogP contribution >= 0.6 is 0 Å². The number of fused-ring (bicyclic) bond motifs is 1. The molecule has 0 bridgehead atoms. The number of nitrogens with zero attached hydrogens (tertiary/aromatic N) is 3. The largest absolute Gasteiger partial charge is 0.497 e. The minimum absolute atomic E-state index is 0.00241. The van der Waals surface area contributed by atoms with Gasteiger partial charge in [0.1, 0.15) is 5.75 Å². The maximum atomic E-state index is 11.7. The standard InChI is InChI=1S/C12H11N3O3/c1-3-18-12(16)11-10(15-13)8-6-7(17-2)4-5-9(8)14-11/h4-6H,3H2,1-2H3. The third kappa shape index (κ3) is 1.89. The van der Waals surface area contributed by atoms with Crippen LogP contribution in [0.2, 0.25) is 0 Å². The highest BCUT2D eigenvalue weighted by atomic mass is 16.5. The Morgan fingerprint density at radius 2 is 2.28 bits per heavy atom. The number of benzene rings is 1. The quantitative estimate of drug-likeness (QED) is 0.458. The second-order valence-corrected chi connectivity index (χ2v) is 3.51. The summed E-state index contributed by atoms with van der Waals surface area (Å²) < 4.78 is 9.92. The van der Waals surface area contributed by atoms with E-state index in [2.05, 4.69) is 9.78 Å². The first kappa shape index (κ1) is 12.0. The maximum Gasteiger partial charge on any atom is 0.365 e. The Kier molecular flexibility index (Phi) is 3.21. The molecule has 1 aliphatic rings. The summed E-state index contributed by atoms with van der Waals surface area (Å²) in [6.45, 7) is 1.93. The van der Waals surface area contributed by atoms with Crippen molar-refractivity contribution in [3.63, 3.8) is 0 Å². The van der Waals surface area contributed by atoms with E-state index in [1.165, 1.54) is 7.11 Å². The fourth-order valence-corrected chi connectivity index (χ4v) is 1.67. The molecule has 0 fully saturated rings. The SMILES string of the molecule is CCOC(=O)C1=Nc2ccc(OC)cc2C1=[N+]=[N-]. The highest BCUT2D eigenvalue weighted by Gasteiger charge is 2.36. The Morgan fingerprint density at radius 3 is 2.89 bits per heavy atom. The van der Waals surface area contributed by atoms with Gasteiger partial charge in [-0.15, -0.1) is 0 Å². The predicted molar refractivity (Wildman–Crippen MR) is 64.5 cm³/mol. The van der Waals surface area contributed by atoms with Crippen LogP contribution in [0.1, 0.15) is 12.5 Å². The van der Waals surface area contributed by atoms with Crippen LogP contribution in [0, 0.1) is 0 Å². The molecule has 0 atom stereocenters. The van der Waals surface area contributed by atoms with Gasteiger partial charge in [0.05, 0.1) is 25.0 Å². The minimum Gasteiger partial charge on any atom is -0.497 e. The monoisotopic (exact) mass is 245 g/mol. The lowest BCUT2D eigenvalue weighted by molar-refractivity contribution is -0.134. The fraction of sp³-hybridized carbons (Fsp3) is 0.250. The van der Waals surface area contributed by atoms with Crippen LogP contribution in [0.3, 0.4) is 0 Å². The van der Waals surface area contributed by atoms with Crippen molar-refractivity contribution in [1.82, 2.24) is 0 Å². The number of carbonyl (C=O) groups excluding carboxylic acids is 1. The summed E-state index contributed by atoms with van der Waals surface area (Å²) in [5.41, 5.74) is 10.2. The topological polar surface area (TPSA) is 84.3 Å². The van der Waals surface area contributed by atoms with Gasteiger partial charge < -0.3 is 15.0 Å². The number of aliphatic imine (C=N–C) groups is 1. The highest BCUT2D eigenvalue weighted by molar-refractivity contribution is 6.70. The van der Waals surface area contributed by atoms with E-state index >= 15 is 0 Å². The molecule has 1 aromatic carbocycles. The summed E-state index contributed by atoms with van der Waals surface area (Å²) in [7, 11) is 1.53. The second kappa shape index (κ2) is 4.81. The van der Waals surface area contributed by atoms with Crippen molar-refractivity contribution in [3.05, 3.63) is 29.3 Å². The molecule has 92 valence electrons. The molecule has 0 aliphatic carbocycles. The zero-order valence-electron chi connectivity index (χ0n) is 10.0. The van der Waals surface area contributed by atoms with E-state index in [1.54, 1.807) is 25.1 Å². The number of ether oxygens (including phenoxy) is 2. The van der Waals surface area contributed by atoms with Crippen LogP contribution in [0.5, 0.6) is 5.75 Å². The lowest BCUT2D eigenvalue weighted by Crippen LogP contribution is -2.24. The summed E-state index contributed by atoms with van der Waals surface area (Å²) in [4.78, 5) is 18.9. The average Bonchev–Trinajstić information content (AvgIpc) is 2.76. The van der Waals surface area contributed by atoms with Gasteiger partial charge in [0.25, 0.3) is 0 Å². The van der Waals surface area contributed by atoms with Gasteiger partial charge >= 0.3 is 11.7 Å². The van der Waals surface area contributed by atoms with Crippen LogP contribution in [0.25, 0.3) is 5.53 Å². The highest BCUT2D eigenvalue weighted by Crippen LogP contribution is 2.30. The first-order valence-electron chi connectivity index (χ1n) is 5.38. The van der Waals surface area contributed by atoms with Gasteiger partial charge in [0.2, 0.25) is 5.71 Å². The van der Waals surface area contributed by atoms with E-state index in [0.29, 0.717) is 17.0 Å². The first-order valence-corrected chi connectivity index (χ1v) is 5.38. The lowest BCUT2D eigenvalue weighted by Gasteiger charge is -1.99. The molecular weight excluding hydrogens is 234 g/mol. The third-order valence-corrected chi connectivity index (χ3v) is 2.48. The third-order valence-electron chi connectivity index (χ3n) is 2.48. The van der Waals surface area contributed by atoms with Crippen molar-refractivity contribution in [2.75, 3.05) is 13.7 Å². The van der Waals surface area contributed by atoms with Crippen molar-refractivity contribution in [1.29, 1.82) is 0 Å². The molecule has 0 aromatic heterocycles. The number of hydrogen-bond donors (Lipinski definition) is 0. The van der Waals surface area contributed by atoms with E-state index in [1.807, 2.05) is 0 Å². The molecule has 6 nitrogen and oxygen atoms in total. The molecule has 1 aliphatic heterocycles. The van der Waals surface area contributed by atoms with Crippen molar-refractivity contribution < 1.29 is 19.1 Å². The molecule has 1 aromatic rings. The smallest absolute Gasteiger partial charge is 0.365 e. The average molecular weight is 245 g/mol. The number of rotatable bonds is 3. The van der Waals surface area contributed by atoms with E-state index in [-0.39, 0.29) is 18.0 Å².